The lowest BCUT2D eigenvalue weighted by molar-refractivity contribution is 0.111. The number of imidazole rings is 2. The average molecular weight is 190 g/mol. The summed E-state index contributed by atoms with van der Waals surface area (Å²) in [6, 6.07) is 0. The van der Waals surface area contributed by atoms with Crippen LogP contribution in [0.15, 0.2) is 31.2 Å². The van der Waals surface area contributed by atoms with E-state index in [0.717, 1.165) is 19.4 Å². The molecular weight excluding hydrogens is 180 g/mol. The Morgan fingerprint density at radius 3 is 2.79 bits per heavy atom. The van der Waals surface area contributed by atoms with Crippen molar-refractivity contribution >= 4 is 6.29 Å². The van der Waals surface area contributed by atoms with Crippen LogP contribution < -0.4 is 0 Å². The van der Waals surface area contributed by atoms with E-state index in [9.17, 15) is 4.79 Å². The monoisotopic (exact) mass is 190 g/mol. The predicted octanol–water partition coefficient (Wildman–Crippen LogP) is 0.592. The van der Waals surface area contributed by atoms with Crippen LogP contribution in [0.1, 0.15) is 10.5 Å². The van der Waals surface area contributed by atoms with Crippen LogP contribution >= 0.6 is 0 Å². The highest BCUT2D eigenvalue weighted by Crippen LogP contribution is 1.94. The van der Waals surface area contributed by atoms with Crippen molar-refractivity contribution in [1.29, 1.82) is 0 Å². The molecule has 0 fully saturated rings. The molecule has 5 heteroatoms. The van der Waals surface area contributed by atoms with Crippen LogP contribution in [0.4, 0.5) is 0 Å². The van der Waals surface area contributed by atoms with Crippen molar-refractivity contribution < 1.29 is 4.79 Å². The van der Waals surface area contributed by atoms with E-state index in [1.807, 2.05) is 15.3 Å². The van der Waals surface area contributed by atoms with Gasteiger partial charge in [-0.1, -0.05) is 0 Å². The van der Waals surface area contributed by atoms with Crippen molar-refractivity contribution in [2.24, 2.45) is 0 Å². The van der Waals surface area contributed by atoms with Gasteiger partial charge in [0.2, 0.25) is 0 Å². The van der Waals surface area contributed by atoms with Gasteiger partial charge in [-0.15, -0.1) is 0 Å². The summed E-state index contributed by atoms with van der Waals surface area (Å²) >= 11 is 0. The molecular formula is C9H10N4O. The molecule has 0 aromatic carbocycles. The van der Waals surface area contributed by atoms with Crippen molar-refractivity contribution in [3.63, 3.8) is 0 Å². The van der Waals surface area contributed by atoms with Crippen LogP contribution in [0.5, 0.6) is 0 Å². The van der Waals surface area contributed by atoms with Crippen molar-refractivity contribution in [2.45, 2.75) is 13.1 Å². The van der Waals surface area contributed by atoms with E-state index < -0.39 is 0 Å². The third-order valence-electron chi connectivity index (χ3n) is 1.95. The molecule has 2 aromatic rings. The number of carbonyl (C=O) groups is 1. The summed E-state index contributed by atoms with van der Waals surface area (Å²) in [4.78, 5) is 18.2. The van der Waals surface area contributed by atoms with Gasteiger partial charge in [-0.05, 0) is 0 Å². The molecule has 2 rings (SSSR count). The standard InChI is InChI=1S/C9H10N4O/c14-6-9-5-13(8-11-9)4-3-12-2-1-10-7-12/h1-2,5-8H,3-4H2. The molecule has 0 unspecified atom stereocenters. The van der Waals surface area contributed by atoms with Crippen LogP contribution in [0.3, 0.4) is 0 Å². The van der Waals surface area contributed by atoms with Crippen LogP contribution in [-0.2, 0) is 13.1 Å². The maximum absolute atomic E-state index is 10.4. The Bertz CT molecular complexity index is 404. The van der Waals surface area contributed by atoms with Crippen LogP contribution in [0.2, 0.25) is 0 Å². The first-order valence-electron chi connectivity index (χ1n) is 4.31. The van der Waals surface area contributed by atoms with E-state index in [2.05, 4.69) is 9.97 Å². The number of hydrogen-bond acceptors (Lipinski definition) is 3. The number of aryl methyl sites for hydroxylation is 2. The summed E-state index contributed by atoms with van der Waals surface area (Å²) in [5.74, 6) is 0. The first-order chi connectivity index (χ1) is 6.88. The highest BCUT2D eigenvalue weighted by molar-refractivity contribution is 5.70. The lowest BCUT2D eigenvalue weighted by atomic mass is 10.5. The minimum atomic E-state index is 0.468. The van der Waals surface area contributed by atoms with E-state index in [4.69, 9.17) is 0 Å². The Labute approximate surface area is 81.0 Å². The molecule has 0 bridgehead atoms. The molecule has 0 saturated heterocycles. The van der Waals surface area contributed by atoms with Crippen molar-refractivity contribution in [2.75, 3.05) is 0 Å². The number of hydrogen-bond donors (Lipinski definition) is 0. The van der Waals surface area contributed by atoms with E-state index in [0.29, 0.717) is 5.69 Å². The van der Waals surface area contributed by atoms with Gasteiger partial charge in [0, 0.05) is 31.7 Å². The lowest BCUT2D eigenvalue weighted by Gasteiger charge is -2.01. The predicted molar refractivity (Wildman–Crippen MR) is 49.8 cm³/mol. The van der Waals surface area contributed by atoms with Gasteiger partial charge in [-0.2, -0.15) is 0 Å². The van der Waals surface area contributed by atoms with Gasteiger partial charge < -0.3 is 9.13 Å². The maximum Gasteiger partial charge on any atom is 0.169 e. The molecule has 0 aliphatic heterocycles. The SMILES string of the molecule is O=Cc1cn(CCn2ccnc2)cn1. The van der Waals surface area contributed by atoms with E-state index in [-0.39, 0.29) is 0 Å². The number of carbonyl (C=O) groups excluding carboxylic acids is 1. The molecule has 2 aromatic heterocycles. The Morgan fingerprint density at radius 1 is 1.29 bits per heavy atom. The fourth-order valence-electron chi connectivity index (χ4n) is 1.21. The zero-order valence-electron chi connectivity index (χ0n) is 7.58. The van der Waals surface area contributed by atoms with Crippen molar-refractivity contribution in [3.8, 4) is 0 Å². The van der Waals surface area contributed by atoms with Crippen LogP contribution in [0, 0.1) is 0 Å². The minimum absolute atomic E-state index is 0.468. The Hall–Kier alpha value is -1.91. The van der Waals surface area contributed by atoms with E-state index in [1.165, 1.54) is 0 Å². The zero-order valence-corrected chi connectivity index (χ0v) is 7.58. The zero-order chi connectivity index (χ0) is 9.80. The largest absolute Gasteiger partial charge is 0.336 e. The fraction of sp³-hybridized carbons (Fsp3) is 0.222. The molecule has 5 nitrogen and oxygen atoms in total. The van der Waals surface area contributed by atoms with Crippen molar-refractivity contribution in [1.82, 2.24) is 19.1 Å². The summed E-state index contributed by atoms with van der Waals surface area (Å²) in [6.07, 6.45) is 9.53. The van der Waals surface area contributed by atoms with E-state index in [1.54, 1.807) is 25.0 Å². The molecule has 72 valence electrons. The molecule has 0 radical (unpaired) electrons. The van der Waals surface area contributed by atoms with Crippen LogP contribution in [0.25, 0.3) is 0 Å². The molecule has 0 N–H and O–H groups in total. The summed E-state index contributed by atoms with van der Waals surface area (Å²) in [5.41, 5.74) is 0.468. The van der Waals surface area contributed by atoms with Gasteiger partial charge in [0.1, 0.15) is 5.69 Å². The first kappa shape index (κ1) is 8.68. The summed E-state index contributed by atoms with van der Waals surface area (Å²) in [6.45, 7) is 1.62. The molecule has 0 amide bonds. The molecule has 0 atom stereocenters. The lowest BCUT2D eigenvalue weighted by Crippen LogP contribution is -2.03. The second kappa shape index (κ2) is 3.87. The quantitative estimate of drug-likeness (QED) is 0.663. The number of nitrogens with zero attached hydrogens (tertiary/aromatic N) is 4. The smallest absolute Gasteiger partial charge is 0.169 e. The maximum atomic E-state index is 10.4. The fourth-order valence-corrected chi connectivity index (χ4v) is 1.21. The molecule has 14 heavy (non-hydrogen) atoms. The number of rotatable bonds is 4. The third kappa shape index (κ3) is 1.87. The van der Waals surface area contributed by atoms with Crippen molar-refractivity contribution in [3.05, 3.63) is 36.9 Å². The summed E-state index contributed by atoms with van der Waals surface area (Å²) in [7, 11) is 0. The Kier molecular flexibility index (Phi) is 2.40. The second-order valence-corrected chi connectivity index (χ2v) is 2.95. The van der Waals surface area contributed by atoms with E-state index >= 15 is 0 Å². The second-order valence-electron chi connectivity index (χ2n) is 2.95. The van der Waals surface area contributed by atoms with Gasteiger partial charge in [-0.3, -0.25) is 4.79 Å². The minimum Gasteiger partial charge on any atom is -0.336 e. The first-order valence-corrected chi connectivity index (χ1v) is 4.31. The molecule has 0 aliphatic carbocycles. The summed E-state index contributed by atoms with van der Waals surface area (Å²) < 4.78 is 3.85. The molecule has 0 saturated carbocycles. The average Bonchev–Trinajstić information content (AvgIpc) is 2.86. The Balaban J connectivity index is 1.95. The molecule has 0 aliphatic rings. The van der Waals surface area contributed by atoms with Gasteiger partial charge in [0.05, 0.1) is 12.7 Å². The highest BCUT2D eigenvalue weighted by Gasteiger charge is 1.96. The number of aromatic nitrogens is 4. The highest BCUT2D eigenvalue weighted by atomic mass is 16.1. The number of aldehydes is 1. The third-order valence-corrected chi connectivity index (χ3v) is 1.95. The van der Waals surface area contributed by atoms with Gasteiger partial charge in [0.25, 0.3) is 0 Å². The summed E-state index contributed by atoms with van der Waals surface area (Å²) in [5, 5.41) is 0. The normalized spacial score (nSPS) is 10.3. The topological polar surface area (TPSA) is 52.7 Å². The molecule has 2 heterocycles. The van der Waals surface area contributed by atoms with Gasteiger partial charge >= 0.3 is 0 Å². The van der Waals surface area contributed by atoms with Crippen LogP contribution in [-0.4, -0.2) is 25.4 Å². The van der Waals surface area contributed by atoms with Gasteiger partial charge in [0.15, 0.2) is 6.29 Å². The molecule has 0 spiro atoms. The Morgan fingerprint density at radius 2 is 2.14 bits per heavy atom. The van der Waals surface area contributed by atoms with Gasteiger partial charge in [-0.25, -0.2) is 9.97 Å².